The molecule has 0 spiro atoms. The van der Waals surface area contributed by atoms with Crippen molar-refractivity contribution in [2.75, 3.05) is 7.11 Å². The fourth-order valence-electron chi connectivity index (χ4n) is 2.72. The van der Waals surface area contributed by atoms with Gasteiger partial charge in [-0.05, 0) is 35.4 Å². The lowest BCUT2D eigenvalue weighted by Gasteiger charge is -2.04. The first-order chi connectivity index (χ1) is 11.3. The maximum absolute atomic E-state index is 5.18. The summed E-state index contributed by atoms with van der Waals surface area (Å²) in [5.74, 6) is 0.863. The van der Waals surface area contributed by atoms with Crippen LogP contribution in [0.5, 0.6) is 5.75 Å². The molecule has 0 fully saturated rings. The van der Waals surface area contributed by atoms with Crippen molar-refractivity contribution in [1.29, 1.82) is 0 Å². The van der Waals surface area contributed by atoms with E-state index in [4.69, 9.17) is 4.74 Å². The van der Waals surface area contributed by atoms with Crippen LogP contribution in [0.2, 0.25) is 0 Å². The standard InChI is InChI=1S/C18H16N4O/c1-23-15-4-2-13(3-5-15)11-22-12-14(10-21-22)16-6-8-19-18-17(16)7-9-20-18/h2-10,12H,11H2,1H3,(H,19,20). The summed E-state index contributed by atoms with van der Waals surface area (Å²) in [7, 11) is 1.67. The molecule has 23 heavy (non-hydrogen) atoms. The average molecular weight is 304 g/mol. The van der Waals surface area contributed by atoms with E-state index in [2.05, 4.69) is 33.4 Å². The van der Waals surface area contributed by atoms with E-state index in [1.165, 1.54) is 5.56 Å². The second-order valence-corrected chi connectivity index (χ2v) is 5.37. The van der Waals surface area contributed by atoms with Crippen molar-refractivity contribution in [1.82, 2.24) is 19.7 Å². The zero-order valence-electron chi connectivity index (χ0n) is 12.7. The van der Waals surface area contributed by atoms with Crippen molar-refractivity contribution in [3.05, 3.63) is 66.7 Å². The van der Waals surface area contributed by atoms with Crippen molar-refractivity contribution in [3.8, 4) is 16.9 Å². The largest absolute Gasteiger partial charge is 0.497 e. The van der Waals surface area contributed by atoms with Crippen molar-refractivity contribution < 1.29 is 4.74 Å². The Kier molecular flexibility index (Phi) is 3.31. The monoisotopic (exact) mass is 304 g/mol. The molecule has 0 atom stereocenters. The van der Waals surface area contributed by atoms with Crippen LogP contribution < -0.4 is 4.74 Å². The number of rotatable bonds is 4. The molecule has 1 aromatic carbocycles. The number of benzene rings is 1. The quantitative estimate of drug-likeness (QED) is 0.628. The molecule has 1 N–H and O–H groups in total. The van der Waals surface area contributed by atoms with E-state index in [9.17, 15) is 0 Å². The minimum Gasteiger partial charge on any atom is -0.497 e. The van der Waals surface area contributed by atoms with Crippen LogP contribution in [-0.2, 0) is 6.54 Å². The molecule has 114 valence electrons. The number of H-pyrrole nitrogens is 1. The molecule has 5 nitrogen and oxygen atoms in total. The topological polar surface area (TPSA) is 55.7 Å². The molecule has 4 aromatic rings. The highest BCUT2D eigenvalue weighted by atomic mass is 16.5. The minimum absolute atomic E-state index is 0.728. The summed E-state index contributed by atoms with van der Waals surface area (Å²) in [6.07, 6.45) is 7.68. The lowest BCUT2D eigenvalue weighted by atomic mass is 10.1. The van der Waals surface area contributed by atoms with Crippen LogP contribution in [0.1, 0.15) is 5.56 Å². The van der Waals surface area contributed by atoms with Gasteiger partial charge in [0.15, 0.2) is 0 Å². The molecule has 0 aliphatic heterocycles. The van der Waals surface area contributed by atoms with Crippen LogP contribution in [0.25, 0.3) is 22.2 Å². The van der Waals surface area contributed by atoms with Gasteiger partial charge >= 0.3 is 0 Å². The van der Waals surface area contributed by atoms with Crippen molar-refractivity contribution in [2.45, 2.75) is 6.54 Å². The van der Waals surface area contributed by atoms with Crippen LogP contribution in [0, 0.1) is 0 Å². The number of hydrogen-bond acceptors (Lipinski definition) is 3. The van der Waals surface area contributed by atoms with Gasteiger partial charge in [0.25, 0.3) is 0 Å². The molecule has 3 aromatic heterocycles. The highest BCUT2D eigenvalue weighted by molar-refractivity contribution is 5.92. The summed E-state index contributed by atoms with van der Waals surface area (Å²) in [5.41, 5.74) is 4.30. The molecule has 0 aliphatic rings. The number of hydrogen-bond donors (Lipinski definition) is 1. The summed E-state index contributed by atoms with van der Waals surface area (Å²) in [4.78, 5) is 7.46. The number of aromatic nitrogens is 4. The van der Waals surface area contributed by atoms with Crippen molar-refractivity contribution >= 4 is 11.0 Å². The molecule has 0 aliphatic carbocycles. The maximum Gasteiger partial charge on any atom is 0.137 e. The minimum atomic E-state index is 0.728. The molecular formula is C18H16N4O. The smallest absolute Gasteiger partial charge is 0.137 e. The molecular weight excluding hydrogens is 288 g/mol. The molecule has 0 unspecified atom stereocenters. The second-order valence-electron chi connectivity index (χ2n) is 5.37. The van der Waals surface area contributed by atoms with Gasteiger partial charge in [0.1, 0.15) is 11.4 Å². The van der Waals surface area contributed by atoms with Crippen LogP contribution >= 0.6 is 0 Å². The summed E-state index contributed by atoms with van der Waals surface area (Å²) in [5, 5.41) is 5.58. The summed E-state index contributed by atoms with van der Waals surface area (Å²) in [6.45, 7) is 0.728. The fourth-order valence-corrected chi connectivity index (χ4v) is 2.72. The Hall–Kier alpha value is -3.08. The van der Waals surface area contributed by atoms with Crippen molar-refractivity contribution in [3.63, 3.8) is 0 Å². The third kappa shape index (κ3) is 2.57. The van der Waals surface area contributed by atoms with Crippen LogP contribution in [0.3, 0.4) is 0 Å². The van der Waals surface area contributed by atoms with Crippen LogP contribution in [0.4, 0.5) is 0 Å². The van der Waals surface area contributed by atoms with Crippen LogP contribution in [-0.4, -0.2) is 26.9 Å². The Labute approximate surface area is 133 Å². The van der Waals surface area contributed by atoms with E-state index >= 15 is 0 Å². The van der Waals surface area contributed by atoms with Gasteiger partial charge in [-0.25, -0.2) is 4.98 Å². The van der Waals surface area contributed by atoms with Crippen LogP contribution in [0.15, 0.2) is 61.2 Å². The molecule has 3 heterocycles. The number of nitrogens with one attached hydrogen (secondary N) is 1. The number of aromatic amines is 1. The molecule has 0 saturated carbocycles. The lowest BCUT2D eigenvalue weighted by molar-refractivity contribution is 0.414. The van der Waals surface area contributed by atoms with E-state index in [1.54, 1.807) is 7.11 Å². The van der Waals surface area contributed by atoms with Gasteiger partial charge in [0.05, 0.1) is 19.9 Å². The third-order valence-electron chi connectivity index (χ3n) is 3.91. The van der Waals surface area contributed by atoms with E-state index in [-0.39, 0.29) is 0 Å². The average Bonchev–Trinajstić information content (AvgIpc) is 3.24. The fraction of sp³-hybridized carbons (Fsp3) is 0.111. The number of pyridine rings is 1. The summed E-state index contributed by atoms with van der Waals surface area (Å²) >= 11 is 0. The van der Waals surface area contributed by atoms with E-state index in [0.717, 1.165) is 34.5 Å². The number of fused-ring (bicyclic) bond motifs is 1. The predicted octanol–water partition coefficient (Wildman–Crippen LogP) is 3.48. The molecule has 4 rings (SSSR count). The van der Waals surface area contributed by atoms with Gasteiger partial charge in [0.2, 0.25) is 0 Å². The number of ether oxygens (including phenoxy) is 1. The molecule has 0 amide bonds. The van der Waals surface area contributed by atoms with E-state index < -0.39 is 0 Å². The Balaban J connectivity index is 1.62. The molecule has 0 bridgehead atoms. The zero-order chi connectivity index (χ0) is 15.6. The number of methoxy groups -OCH3 is 1. The summed E-state index contributed by atoms with van der Waals surface area (Å²) in [6, 6.07) is 12.1. The van der Waals surface area contributed by atoms with Gasteiger partial charge in [-0.3, -0.25) is 4.68 Å². The first-order valence-corrected chi connectivity index (χ1v) is 7.41. The van der Waals surface area contributed by atoms with Crippen molar-refractivity contribution in [2.24, 2.45) is 0 Å². The SMILES string of the molecule is COc1ccc(Cn2cc(-c3ccnc4[nH]ccc34)cn2)cc1. The third-order valence-corrected chi connectivity index (χ3v) is 3.91. The Morgan fingerprint density at radius 1 is 1.13 bits per heavy atom. The maximum atomic E-state index is 5.18. The highest BCUT2D eigenvalue weighted by Gasteiger charge is 2.08. The van der Waals surface area contributed by atoms with Gasteiger partial charge < -0.3 is 9.72 Å². The first kappa shape index (κ1) is 13.6. The first-order valence-electron chi connectivity index (χ1n) is 7.41. The van der Waals surface area contributed by atoms with E-state index in [0.29, 0.717) is 0 Å². The predicted molar refractivity (Wildman–Crippen MR) is 89.4 cm³/mol. The van der Waals surface area contributed by atoms with Gasteiger partial charge in [-0.15, -0.1) is 0 Å². The van der Waals surface area contributed by atoms with E-state index in [1.807, 2.05) is 47.5 Å². The zero-order valence-corrected chi connectivity index (χ0v) is 12.7. The Morgan fingerprint density at radius 3 is 2.83 bits per heavy atom. The van der Waals surface area contributed by atoms with Gasteiger partial charge in [-0.1, -0.05) is 12.1 Å². The lowest BCUT2D eigenvalue weighted by Crippen LogP contribution is -1.99. The van der Waals surface area contributed by atoms with Gasteiger partial charge in [-0.2, -0.15) is 5.10 Å². The highest BCUT2D eigenvalue weighted by Crippen LogP contribution is 2.26. The Morgan fingerprint density at radius 2 is 2.00 bits per heavy atom. The van der Waals surface area contributed by atoms with Gasteiger partial charge in [0, 0.05) is 29.5 Å². The molecule has 0 radical (unpaired) electrons. The summed E-state index contributed by atoms with van der Waals surface area (Å²) < 4.78 is 7.12. The molecule has 0 saturated heterocycles. The number of nitrogens with zero attached hydrogens (tertiary/aromatic N) is 3. The Bertz CT molecular complexity index is 937. The second kappa shape index (κ2) is 5.61. The normalized spacial score (nSPS) is 11.0. The molecule has 5 heteroatoms.